The van der Waals surface area contributed by atoms with E-state index >= 15 is 0 Å². The van der Waals surface area contributed by atoms with Crippen LogP contribution in [0.1, 0.15) is 0 Å². The lowest BCUT2D eigenvalue weighted by Crippen LogP contribution is -2.44. The lowest BCUT2D eigenvalue weighted by Gasteiger charge is -2.33. The predicted octanol–water partition coefficient (Wildman–Crippen LogP) is 2.42. The minimum atomic E-state index is -1.09. The SMILES string of the molecule is CN1CCN(c2ccc([N+](=O)[O-])cc2[N+](=O)[O-])CC1.CN1CCNCC1.O=[N+]([O-])c1ccc(F)c([N+](=O)[O-])c1. The van der Waals surface area contributed by atoms with Gasteiger partial charge in [0.05, 0.1) is 31.8 Å². The van der Waals surface area contributed by atoms with Crippen LogP contribution in [0.15, 0.2) is 36.4 Å². The van der Waals surface area contributed by atoms with Crippen molar-refractivity contribution in [2.45, 2.75) is 0 Å². The summed E-state index contributed by atoms with van der Waals surface area (Å²) in [5.41, 5.74) is -1.42. The Hall–Kier alpha value is -4.35. The zero-order chi connectivity index (χ0) is 29.1. The molecule has 0 aliphatic carbocycles. The number of halogens is 1. The van der Waals surface area contributed by atoms with Gasteiger partial charge in [0, 0.05) is 64.5 Å². The van der Waals surface area contributed by atoms with E-state index in [1.807, 2.05) is 11.9 Å². The molecular weight excluding hydrogens is 523 g/mol. The van der Waals surface area contributed by atoms with Gasteiger partial charge < -0.3 is 20.0 Å². The molecule has 17 heteroatoms. The number of nitro groups is 4. The molecule has 39 heavy (non-hydrogen) atoms. The fraction of sp³-hybridized carbons (Fsp3) is 0.455. The normalized spacial score (nSPS) is 15.7. The van der Waals surface area contributed by atoms with Gasteiger partial charge in [0.15, 0.2) is 0 Å². The third-order valence-electron chi connectivity index (χ3n) is 5.89. The van der Waals surface area contributed by atoms with Crippen LogP contribution in [-0.2, 0) is 0 Å². The van der Waals surface area contributed by atoms with Crippen molar-refractivity contribution in [3.8, 4) is 0 Å². The highest BCUT2D eigenvalue weighted by Gasteiger charge is 2.25. The molecule has 2 saturated heterocycles. The second kappa shape index (κ2) is 14.6. The van der Waals surface area contributed by atoms with Crippen molar-refractivity contribution in [2.24, 2.45) is 0 Å². The summed E-state index contributed by atoms with van der Waals surface area (Å²) in [6.45, 7) is 7.72. The van der Waals surface area contributed by atoms with Crippen molar-refractivity contribution >= 4 is 28.4 Å². The van der Waals surface area contributed by atoms with E-state index in [2.05, 4.69) is 22.2 Å². The zero-order valence-electron chi connectivity index (χ0n) is 21.4. The minimum absolute atomic E-state index is 0.209. The van der Waals surface area contributed by atoms with Gasteiger partial charge in [-0.3, -0.25) is 40.5 Å². The molecule has 0 atom stereocenters. The van der Waals surface area contributed by atoms with Crippen molar-refractivity contribution in [3.63, 3.8) is 0 Å². The van der Waals surface area contributed by atoms with E-state index in [1.54, 1.807) is 0 Å². The third-order valence-corrected chi connectivity index (χ3v) is 5.89. The zero-order valence-corrected chi connectivity index (χ0v) is 21.4. The van der Waals surface area contributed by atoms with Crippen LogP contribution in [0.5, 0.6) is 0 Å². The predicted molar refractivity (Wildman–Crippen MR) is 140 cm³/mol. The van der Waals surface area contributed by atoms with Crippen molar-refractivity contribution in [1.82, 2.24) is 15.1 Å². The highest BCUT2D eigenvalue weighted by molar-refractivity contribution is 5.67. The first-order valence-corrected chi connectivity index (χ1v) is 11.7. The number of likely N-dealkylation sites (N-methyl/N-ethyl adjacent to an activating group) is 2. The summed E-state index contributed by atoms with van der Waals surface area (Å²) < 4.78 is 12.6. The minimum Gasteiger partial charge on any atom is -0.363 e. The molecule has 1 N–H and O–H groups in total. The van der Waals surface area contributed by atoms with Crippen molar-refractivity contribution < 1.29 is 24.1 Å². The van der Waals surface area contributed by atoms with E-state index in [1.165, 1.54) is 25.2 Å². The van der Waals surface area contributed by atoms with Crippen LogP contribution < -0.4 is 10.2 Å². The monoisotopic (exact) mass is 552 g/mol. The highest BCUT2D eigenvalue weighted by Crippen LogP contribution is 2.32. The Balaban J connectivity index is 0.000000229. The Kier molecular flexibility index (Phi) is 11.5. The van der Waals surface area contributed by atoms with Crippen LogP contribution in [0.2, 0.25) is 0 Å². The van der Waals surface area contributed by atoms with Gasteiger partial charge in [0.2, 0.25) is 5.82 Å². The summed E-state index contributed by atoms with van der Waals surface area (Å²) in [6.07, 6.45) is 0. The molecule has 0 unspecified atom stereocenters. The molecule has 16 nitrogen and oxygen atoms in total. The van der Waals surface area contributed by atoms with E-state index in [4.69, 9.17) is 0 Å². The molecule has 212 valence electrons. The summed E-state index contributed by atoms with van der Waals surface area (Å²) in [6, 6.07) is 5.92. The number of nitrogens with one attached hydrogen (secondary N) is 1. The van der Waals surface area contributed by atoms with Crippen LogP contribution >= 0.6 is 0 Å². The van der Waals surface area contributed by atoms with Gasteiger partial charge in [-0.15, -0.1) is 0 Å². The van der Waals surface area contributed by atoms with Crippen LogP contribution in [0.4, 0.5) is 32.8 Å². The van der Waals surface area contributed by atoms with Gasteiger partial charge in [0.25, 0.3) is 17.1 Å². The maximum atomic E-state index is 12.6. The Morgan fingerprint density at radius 2 is 1.13 bits per heavy atom. The Bertz CT molecular complexity index is 1190. The van der Waals surface area contributed by atoms with E-state index in [-0.39, 0.29) is 11.4 Å². The summed E-state index contributed by atoms with van der Waals surface area (Å²) in [5.74, 6) is -1.09. The Morgan fingerprint density at radius 3 is 1.56 bits per heavy atom. The quantitative estimate of drug-likeness (QED) is 0.421. The molecule has 4 rings (SSSR count). The molecular formula is C22H29FN8O8. The number of nitrogens with zero attached hydrogens (tertiary/aromatic N) is 7. The molecule has 0 bridgehead atoms. The molecule has 0 amide bonds. The summed E-state index contributed by atoms with van der Waals surface area (Å²) in [7, 11) is 4.14. The average molecular weight is 553 g/mol. The fourth-order valence-electron chi connectivity index (χ4n) is 3.62. The van der Waals surface area contributed by atoms with E-state index in [0.29, 0.717) is 30.9 Å². The number of benzene rings is 2. The third kappa shape index (κ3) is 9.47. The van der Waals surface area contributed by atoms with E-state index in [0.717, 1.165) is 38.3 Å². The van der Waals surface area contributed by atoms with Crippen LogP contribution in [0.3, 0.4) is 0 Å². The first-order chi connectivity index (χ1) is 18.4. The molecule has 2 aliphatic heterocycles. The van der Waals surface area contributed by atoms with Gasteiger partial charge in [-0.1, -0.05) is 0 Å². The van der Waals surface area contributed by atoms with Gasteiger partial charge in [-0.2, -0.15) is 4.39 Å². The lowest BCUT2D eigenvalue weighted by molar-refractivity contribution is -0.395. The van der Waals surface area contributed by atoms with E-state index in [9.17, 15) is 44.8 Å². The van der Waals surface area contributed by atoms with Crippen LogP contribution in [0.25, 0.3) is 0 Å². The largest absolute Gasteiger partial charge is 0.363 e. The molecule has 2 heterocycles. The summed E-state index contributed by atoms with van der Waals surface area (Å²) >= 11 is 0. The maximum Gasteiger partial charge on any atom is 0.311 e. The van der Waals surface area contributed by atoms with E-state index < -0.39 is 36.9 Å². The smallest absolute Gasteiger partial charge is 0.311 e. The van der Waals surface area contributed by atoms with Gasteiger partial charge >= 0.3 is 5.69 Å². The van der Waals surface area contributed by atoms with Gasteiger partial charge in [-0.25, -0.2) is 0 Å². The van der Waals surface area contributed by atoms with Gasteiger partial charge in [0.1, 0.15) is 5.69 Å². The molecule has 2 aromatic rings. The number of non-ortho nitro benzene ring substituents is 2. The molecule has 2 aliphatic rings. The second-order valence-corrected chi connectivity index (χ2v) is 8.68. The molecule has 0 saturated carbocycles. The number of nitro benzene ring substituents is 4. The number of anilines is 1. The standard InChI is InChI=1S/C11H14N4O4.C6H3FN2O4.C5H12N2/c1-12-4-6-13(7-5-12)10-3-2-9(14(16)17)8-11(10)15(18)19;7-5-2-1-4(8(10)11)3-6(5)9(12)13;1-7-4-2-6-3-5-7/h2-3,8H,4-7H2,1H3;1-3H;6H,2-5H2,1H3. The molecule has 0 radical (unpaired) electrons. The fourth-order valence-corrected chi connectivity index (χ4v) is 3.62. The van der Waals surface area contributed by atoms with Gasteiger partial charge in [-0.05, 0) is 26.2 Å². The highest BCUT2D eigenvalue weighted by atomic mass is 19.1. The van der Waals surface area contributed by atoms with Crippen LogP contribution in [0, 0.1) is 46.3 Å². The Labute approximate surface area is 222 Å². The first-order valence-electron chi connectivity index (χ1n) is 11.7. The maximum absolute atomic E-state index is 12.6. The summed E-state index contributed by atoms with van der Waals surface area (Å²) in [4.78, 5) is 45.3. The number of rotatable bonds is 5. The Morgan fingerprint density at radius 1 is 0.667 bits per heavy atom. The topological polar surface area (TPSA) is 194 Å². The second-order valence-electron chi connectivity index (χ2n) is 8.68. The van der Waals surface area contributed by atoms with Crippen LogP contribution in [-0.4, -0.2) is 95.9 Å². The first kappa shape index (κ1) is 30.9. The molecule has 0 spiro atoms. The number of piperazine rings is 2. The number of hydrogen-bond donors (Lipinski definition) is 1. The number of hydrogen-bond acceptors (Lipinski definition) is 12. The lowest BCUT2D eigenvalue weighted by atomic mass is 10.2. The molecule has 2 aromatic carbocycles. The molecule has 2 fully saturated rings. The van der Waals surface area contributed by atoms with Crippen molar-refractivity contribution in [2.75, 3.05) is 71.4 Å². The van der Waals surface area contributed by atoms with Crippen molar-refractivity contribution in [3.05, 3.63) is 82.7 Å². The van der Waals surface area contributed by atoms with Crippen molar-refractivity contribution in [1.29, 1.82) is 0 Å². The molecule has 0 aromatic heterocycles. The summed E-state index contributed by atoms with van der Waals surface area (Å²) in [5, 5.41) is 45.3. The average Bonchev–Trinajstić information content (AvgIpc) is 2.90.